The number of hydrogen-bond acceptors (Lipinski definition) is 5. The number of carbonyl (C=O) groups is 1. The van der Waals surface area contributed by atoms with E-state index in [4.69, 9.17) is 16.3 Å². The number of halogens is 1. The van der Waals surface area contributed by atoms with Crippen molar-refractivity contribution in [2.75, 3.05) is 24.6 Å². The standard InChI is InChI=1S/C10H12ClN3O2/c11-9-8(14-3-1-2-4-14)10(13-7-12-9)16-6-5-15/h5,7H,1-4,6H2. The first-order chi connectivity index (χ1) is 7.83. The Kier molecular flexibility index (Phi) is 3.56. The maximum atomic E-state index is 10.3. The van der Waals surface area contributed by atoms with E-state index in [1.165, 1.54) is 6.33 Å². The molecular weight excluding hydrogens is 230 g/mol. The highest BCUT2D eigenvalue weighted by Gasteiger charge is 2.21. The third-order valence-corrected chi connectivity index (χ3v) is 2.73. The van der Waals surface area contributed by atoms with Crippen molar-refractivity contribution in [3.8, 4) is 5.88 Å². The fourth-order valence-corrected chi connectivity index (χ4v) is 2.01. The molecule has 0 radical (unpaired) electrons. The lowest BCUT2D eigenvalue weighted by atomic mass is 10.4. The fraction of sp³-hybridized carbons (Fsp3) is 0.500. The number of rotatable bonds is 4. The molecule has 86 valence electrons. The summed E-state index contributed by atoms with van der Waals surface area (Å²) in [7, 11) is 0. The highest BCUT2D eigenvalue weighted by atomic mass is 35.5. The fourth-order valence-electron chi connectivity index (χ4n) is 1.77. The van der Waals surface area contributed by atoms with Gasteiger partial charge in [-0.2, -0.15) is 4.98 Å². The number of carbonyl (C=O) groups excluding carboxylic acids is 1. The summed E-state index contributed by atoms with van der Waals surface area (Å²) in [5.74, 6) is 0.383. The molecule has 2 rings (SSSR count). The van der Waals surface area contributed by atoms with E-state index >= 15 is 0 Å². The first kappa shape index (κ1) is 11.1. The highest BCUT2D eigenvalue weighted by molar-refractivity contribution is 6.32. The van der Waals surface area contributed by atoms with E-state index in [1.807, 2.05) is 0 Å². The Bertz CT molecular complexity index is 380. The predicted molar refractivity (Wildman–Crippen MR) is 60.0 cm³/mol. The third-order valence-electron chi connectivity index (χ3n) is 2.45. The van der Waals surface area contributed by atoms with Crippen molar-refractivity contribution in [1.82, 2.24) is 9.97 Å². The summed E-state index contributed by atoms with van der Waals surface area (Å²) in [5.41, 5.74) is 0.698. The average Bonchev–Trinajstić information content (AvgIpc) is 2.79. The molecule has 1 aliphatic rings. The Morgan fingerprint density at radius 1 is 1.44 bits per heavy atom. The molecule has 6 heteroatoms. The topological polar surface area (TPSA) is 55.3 Å². The van der Waals surface area contributed by atoms with Gasteiger partial charge in [0.2, 0.25) is 5.88 Å². The van der Waals surface area contributed by atoms with Crippen molar-refractivity contribution in [2.24, 2.45) is 0 Å². The van der Waals surface area contributed by atoms with Crippen LogP contribution in [0.4, 0.5) is 5.69 Å². The van der Waals surface area contributed by atoms with Gasteiger partial charge in [-0.15, -0.1) is 0 Å². The normalized spacial score (nSPS) is 15.2. The van der Waals surface area contributed by atoms with Gasteiger partial charge in [0, 0.05) is 13.1 Å². The molecule has 1 aromatic rings. The molecule has 0 N–H and O–H groups in total. The minimum Gasteiger partial charge on any atom is -0.468 e. The zero-order valence-electron chi connectivity index (χ0n) is 8.73. The number of nitrogens with zero attached hydrogens (tertiary/aromatic N) is 3. The average molecular weight is 242 g/mol. The zero-order valence-corrected chi connectivity index (χ0v) is 9.48. The van der Waals surface area contributed by atoms with Crippen LogP contribution in [0.5, 0.6) is 5.88 Å². The maximum absolute atomic E-state index is 10.3. The summed E-state index contributed by atoms with van der Waals surface area (Å²) in [6, 6.07) is 0. The summed E-state index contributed by atoms with van der Waals surface area (Å²) in [6.45, 7) is 1.82. The van der Waals surface area contributed by atoms with Gasteiger partial charge in [0.05, 0.1) is 0 Å². The minimum atomic E-state index is -0.0197. The van der Waals surface area contributed by atoms with Crippen molar-refractivity contribution in [1.29, 1.82) is 0 Å². The van der Waals surface area contributed by atoms with Crippen molar-refractivity contribution in [3.05, 3.63) is 11.5 Å². The predicted octanol–water partition coefficient (Wildman–Crippen LogP) is 1.31. The smallest absolute Gasteiger partial charge is 0.242 e. The lowest BCUT2D eigenvalue weighted by Crippen LogP contribution is -2.20. The van der Waals surface area contributed by atoms with Gasteiger partial charge in [-0.25, -0.2) is 4.98 Å². The van der Waals surface area contributed by atoms with E-state index in [9.17, 15) is 4.79 Å². The van der Waals surface area contributed by atoms with E-state index in [0.29, 0.717) is 23.0 Å². The van der Waals surface area contributed by atoms with Gasteiger partial charge < -0.3 is 9.64 Å². The van der Waals surface area contributed by atoms with Gasteiger partial charge in [-0.05, 0) is 12.8 Å². The molecule has 0 saturated carbocycles. The first-order valence-electron chi connectivity index (χ1n) is 5.15. The second kappa shape index (κ2) is 5.12. The van der Waals surface area contributed by atoms with E-state index in [0.717, 1.165) is 25.9 Å². The van der Waals surface area contributed by atoms with Crippen LogP contribution < -0.4 is 9.64 Å². The molecule has 0 bridgehead atoms. The second-order valence-corrected chi connectivity index (χ2v) is 3.85. The third kappa shape index (κ3) is 2.24. The van der Waals surface area contributed by atoms with Crippen LogP contribution in [0.15, 0.2) is 6.33 Å². The monoisotopic (exact) mass is 241 g/mol. The van der Waals surface area contributed by atoms with Crippen LogP contribution in [-0.2, 0) is 4.79 Å². The van der Waals surface area contributed by atoms with Crippen molar-refractivity contribution < 1.29 is 9.53 Å². The molecule has 1 aromatic heterocycles. The van der Waals surface area contributed by atoms with Crippen LogP contribution in [0, 0.1) is 0 Å². The Morgan fingerprint density at radius 2 is 2.19 bits per heavy atom. The SMILES string of the molecule is O=CCOc1ncnc(Cl)c1N1CCCC1. The molecule has 16 heavy (non-hydrogen) atoms. The number of hydrogen-bond donors (Lipinski definition) is 0. The maximum Gasteiger partial charge on any atom is 0.242 e. The van der Waals surface area contributed by atoms with Crippen molar-refractivity contribution in [3.63, 3.8) is 0 Å². The van der Waals surface area contributed by atoms with E-state index < -0.39 is 0 Å². The molecule has 1 fully saturated rings. The Balaban J connectivity index is 2.27. The van der Waals surface area contributed by atoms with Gasteiger partial charge in [0.15, 0.2) is 11.4 Å². The molecule has 5 nitrogen and oxygen atoms in total. The van der Waals surface area contributed by atoms with Crippen LogP contribution in [0.3, 0.4) is 0 Å². The lowest BCUT2D eigenvalue weighted by Gasteiger charge is -2.20. The van der Waals surface area contributed by atoms with Crippen LogP contribution in [0.25, 0.3) is 0 Å². The van der Waals surface area contributed by atoms with Crippen LogP contribution in [-0.4, -0.2) is 36.0 Å². The molecule has 0 atom stereocenters. The Hall–Kier alpha value is -1.36. The molecule has 0 amide bonds. The molecule has 1 saturated heterocycles. The van der Waals surface area contributed by atoms with Crippen LogP contribution in [0.2, 0.25) is 5.15 Å². The molecule has 0 aromatic carbocycles. The summed E-state index contributed by atoms with van der Waals surface area (Å²) in [4.78, 5) is 20.3. The van der Waals surface area contributed by atoms with E-state index in [1.54, 1.807) is 0 Å². The van der Waals surface area contributed by atoms with Gasteiger partial charge in [0.1, 0.15) is 18.6 Å². The second-order valence-electron chi connectivity index (χ2n) is 3.49. The van der Waals surface area contributed by atoms with E-state index in [-0.39, 0.29) is 6.61 Å². The van der Waals surface area contributed by atoms with Crippen molar-refractivity contribution in [2.45, 2.75) is 12.8 Å². The minimum absolute atomic E-state index is 0.0197. The van der Waals surface area contributed by atoms with Crippen molar-refractivity contribution >= 4 is 23.6 Å². The van der Waals surface area contributed by atoms with Crippen LogP contribution in [0.1, 0.15) is 12.8 Å². The number of aldehydes is 1. The van der Waals surface area contributed by atoms with Gasteiger partial charge in [-0.3, -0.25) is 4.79 Å². The van der Waals surface area contributed by atoms with E-state index in [2.05, 4.69) is 14.9 Å². The van der Waals surface area contributed by atoms with Gasteiger partial charge >= 0.3 is 0 Å². The quantitative estimate of drug-likeness (QED) is 0.588. The zero-order chi connectivity index (χ0) is 11.4. The molecule has 2 heterocycles. The molecule has 0 aliphatic carbocycles. The molecule has 0 spiro atoms. The summed E-state index contributed by atoms with van der Waals surface area (Å²) in [6.07, 6.45) is 4.27. The summed E-state index contributed by atoms with van der Waals surface area (Å²) in [5, 5.41) is 0.373. The van der Waals surface area contributed by atoms with Gasteiger partial charge in [0.25, 0.3) is 0 Å². The first-order valence-corrected chi connectivity index (χ1v) is 5.52. The van der Waals surface area contributed by atoms with Crippen LogP contribution >= 0.6 is 11.6 Å². The van der Waals surface area contributed by atoms with Gasteiger partial charge in [-0.1, -0.05) is 11.6 Å². The Labute approximate surface area is 98.4 Å². The number of anilines is 1. The summed E-state index contributed by atoms with van der Waals surface area (Å²) >= 11 is 6.03. The number of ether oxygens (including phenoxy) is 1. The Morgan fingerprint density at radius 3 is 2.88 bits per heavy atom. The molecule has 1 aliphatic heterocycles. The molecule has 0 unspecified atom stereocenters. The highest BCUT2D eigenvalue weighted by Crippen LogP contribution is 2.34. The largest absolute Gasteiger partial charge is 0.468 e. The number of aromatic nitrogens is 2. The molecular formula is C10H12ClN3O2. The summed E-state index contributed by atoms with van der Waals surface area (Å²) < 4.78 is 5.23. The lowest BCUT2D eigenvalue weighted by molar-refractivity contribution is -0.109.